The second-order valence-corrected chi connectivity index (χ2v) is 12.6. The first-order valence-corrected chi connectivity index (χ1v) is 16.3. The van der Waals surface area contributed by atoms with Crippen LogP contribution in [-0.4, -0.2) is 24.1 Å². The second-order valence-electron chi connectivity index (χ2n) is 12.6. The molecular weight excluding hydrogens is 622 g/mol. The van der Waals surface area contributed by atoms with Crippen LogP contribution in [0.4, 0.5) is 0 Å². The maximum Gasteiger partial charge on any atom is 0.328 e. The van der Waals surface area contributed by atoms with E-state index in [0.717, 1.165) is 82.7 Å². The van der Waals surface area contributed by atoms with Gasteiger partial charge in [-0.15, -0.1) is 0 Å². The maximum atomic E-state index is 12.5. The molecule has 0 amide bonds. The first-order valence-electron chi connectivity index (χ1n) is 16.3. The highest BCUT2D eigenvalue weighted by Crippen LogP contribution is 2.40. The molecule has 0 fully saturated rings. The Morgan fingerprint density at radius 3 is 1.88 bits per heavy atom. The summed E-state index contributed by atoms with van der Waals surface area (Å²) in [5, 5.41) is 3.92. The number of rotatable bonds is 4. The van der Waals surface area contributed by atoms with Crippen molar-refractivity contribution in [3.63, 3.8) is 0 Å². The van der Waals surface area contributed by atoms with E-state index in [0.29, 0.717) is 17.5 Å². The zero-order chi connectivity index (χ0) is 33.5. The van der Waals surface area contributed by atoms with Gasteiger partial charge in [-0.2, -0.15) is 0 Å². The third kappa shape index (κ3) is 4.25. The number of nitrogens with zero attached hydrogens (tertiary/aromatic N) is 5. The van der Waals surface area contributed by atoms with Crippen molar-refractivity contribution in [2.45, 2.75) is 0 Å². The van der Waals surface area contributed by atoms with E-state index in [1.54, 1.807) is 23.2 Å². The normalized spacial score (nSPS) is 11.9. The van der Waals surface area contributed by atoms with Crippen molar-refractivity contribution in [2.75, 3.05) is 0 Å². The molecule has 8 heteroatoms. The van der Waals surface area contributed by atoms with Gasteiger partial charge in [0.25, 0.3) is 0 Å². The Bertz CT molecular complexity index is 3020. The predicted molar refractivity (Wildman–Crippen MR) is 198 cm³/mol. The summed E-state index contributed by atoms with van der Waals surface area (Å²) in [7, 11) is 3.59. The van der Waals surface area contributed by atoms with Crippen molar-refractivity contribution in [1.29, 1.82) is 0 Å². The third-order valence-electron chi connectivity index (χ3n) is 9.65. The van der Waals surface area contributed by atoms with Crippen molar-refractivity contribution in [3.05, 3.63) is 138 Å². The minimum absolute atomic E-state index is 0.0470. The minimum Gasteiger partial charge on any atom is -0.456 e. The first kappa shape index (κ1) is 28.2. The standard InChI is InChI=1S/C42H27N5O3/c1-46-32-20-19-27(21-33(32)47(2)42(46)48)24-15-17-26(18-16-24)40-43-39(25-9-4-3-5-10-25)44-41(45-40)29-12-8-14-35-38(29)31-23-36-30(22-37(31)50-35)28-11-6-7-13-34(28)49-36/h3-23H,1-2H3. The van der Waals surface area contributed by atoms with Gasteiger partial charge in [-0.1, -0.05) is 91.0 Å². The Balaban J connectivity index is 1.13. The topological polar surface area (TPSA) is 91.9 Å². The summed E-state index contributed by atoms with van der Waals surface area (Å²) in [6.45, 7) is 0. The van der Waals surface area contributed by atoms with Crippen molar-refractivity contribution < 1.29 is 8.83 Å². The van der Waals surface area contributed by atoms with Crippen LogP contribution in [0.15, 0.2) is 141 Å². The lowest BCUT2D eigenvalue weighted by molar-refractivity contribution is 0.664. The van der Waals surface area contributed by atoms with Crippen LogP contribution < -0.4 is 5.69 Å². The van der Waals surface area contributed by atoms with E-state index in [1.165, 1.54) is 0 Å². The van der Waals surface area contributed by atoms with Crippen LogP contribution in [0.5, 0.6) is 0 Å². The summed E-state index contributed by atoms with van der Waals surface area (Å²) in [5.41, 5.74) is 9.52. The van der Waals surface area contributed by atoms with Gasteiger partial charge in [0.1, 0.15) is 22.3 Å². The molecule has 4 aromatic heterocycles. The number of fused-ring (bicyclic) bond motifs is 7. The number of furan rings is 2. The Morgan fingerprint density at radius 1 is 0.460 bits per heavy atom. The summed E-state index contributed by atoms with van der Waals surface area (Å²) in [5.74, 6) is 1.69. The molecule has 8 nitrogen and oxygen atoms in total. The van der Waals surface area contributed by atoms with Crippen LogP contribution in [-0.2, 0) is 14.1 Å². The molecule has 0 saturated heterocycles. The highest BCUT2D eigenvalue weighted by Gasteiger charge is 2.20. The molecule has 50 heavy (non-hydrogen) atoms. The van der Waals surface area contributed by atoms with Crippen LogP contribution in [0.1, 0.15) is 0 Å². The molecule has 4 heterocycles. The van der Waals surface area contributed by atoms with Crippen LogP contribution in [0.25, 0.3) is 100 Å². The van der Waals surface area contributed by atoms with Gasteiger partial charge in [0.2, 0.25) is 0 Å². The van der Waals surface area contributed by atoms with Gasteiger partial charge in [-0.3, -0.25) is 9.13 Å². The molecule has 0 radical (unpaired) electrons. The van der Waals surface area contributed by atoms with Gasteiger partial charge in [-0.25, -0.2) is 19.7 Å². The van der Waals surface area contributed by atoms with E-state index in [1.807, 2.05) is 91.0 Å². The summed E-state index contributed by atoms with van der Waals surface area (Å²) < 4.78 is 16.0. The van der Waals surface area contributed by atoms with Gasteiger partial charge in [0, 0.05) is 52.3 Å². The van der Waals surface area contributed by atoms with Gasteiger partial charge in [-0.05, 0) is 47.5 Å². The Hall–Kier alpha value is -6.80. The largest absolute Gasteiger partial charge is 0.456 e. The molecule has 0 N–H and O–H groups in total. The molecule has 0 aliphatic rings. The molecule has 0 atom stereocenters. The van der Waals surface area contributed by atoms with Gasteiger partial charge in [0.05, 0.1) is 11.0 Å². The number of aromatic nitrogens is 5. The number of para-hydroxylation sites is 1. The first-order chi connectivity index (χ1) is 24.5. The molecule has 238 valence electrons. The lowest BCUT2D eigenvalue weighted by Crippen LogP contribution is -2.19. The molecule has 10 rings (SSSR count). The molecule has 0 bridgehead atoms. The van der Waals surface area contributed by atoms with E-state index in [2.05, 4.69) is 36.4 Å². The van der Waals surface area contributed by atoms with E-state index >= 15 is 0 Å². The van der Waals surface area contributed by atoms with E-state index in [4.69, 9.17) is 23.8 Å². The maximum absolute atomic E-state index is 12.5. The van der Waals surface area contributed by atoms with Crippen molar-refractivity contribution >= 4 is 54.9 Å². The summed E-state index contributed by atoms with van der Waals surface area (Å²) in [4.78, 5) is 27.6. The molecule has 0 saturated carbocycles. The van der Waals surface area contributed by atoms with E-state index in [9.17, 15) is 4.79 Å². The number of hydrogen-bond acceptors (Lipinski definition) is 6. The number of benzene rings is 6. The molecular formula is C42H27N5O3. The SMILES string of the molecule is Cn1c(=O)n(C)c2cc(-c3ccc(-c4nc(-c5ccccc5)nc(-c5cccc6oc7cc8c(cc7c56)oc5ccccc58)n4)cc3)ccc21. The highest BCUT2D eigenvalue weighted by molar-refractivity contribution is 6.17. The van der Waals surface area contributed by atoms with Gasteiger partial charge < -0.3 is 8.83 Å². The number of aryl methyl sites for hydroxylation is 2. The van der Waals surface area contributed by atoms with Crippen molar-refractivity contribution in [2.24, 2.45) is 14.1 Å². The molecule has 10 aromatic rings. The monoisotopic (exact) mass is 649 g/mol. The molecule has 0 spiro atoms. The Morgan fingerprint density at radius 2 is 1.06 bits per heavy atom. The average molecular weight is 650 g/mol. The van der Waals surface area contributed by atoms with Crippen LogP contribution in [0, 0.1) is 0 Å². The average Bonchev–Trinajstić information content (AvgIpc) is 3.79. The summed E-state index contributed by atoms with van der Waals surface area (Å²) in [6.07, 6.45) is 0. The molecule has 0 aliphatic carbocycles. The molecule has 0 unspecified atom stereocenters. The minimum atomic E-state index is -0.0470. The zero-order valence-electron chi connectivity index (χ0n) is 27.1. The smallest absolute Gasteiger partial charge is 0.328 e. The lowest BCUT2D eigenvalue weighted by Gasteiger charge is -2.10. The predicted octanol–water partition coefficient (Wildman–Crippen LogP) is 9.53. The second kappa shape index (κ2) is 10.6. The molecule has 6 aromatic carbocycles. The lowest BCUT2D eigenvalue weighted by atomic mass is 10.0. The van der Waals surface area contributed by atoms with E-state index in [-0.39, 0.29) is 5.69 Å². The Kier molecular flexibility index (Phi) is 5.99. The fraction of sp³-hybridized carbons (Fsp3) is 0.0476. The van der Waals surface area contributed by atoms with Gasteiger partial charge >= 0.3 is 5.69 Å². The fourth-order valence-electron chi connectivity index (χ4n) is 7.07. The summed E-state index contributed by atoms with van der Waals surface area (Å²) in [6, 6.07) is 42.4. The van der Waals surface area contributed by atoms with Gasteiger partial charge in [0.15, 0.2) is 17.5 Å². The van der Waals surface area contributed by atoms with Crippen LogP contribution >= 0.6 is 0 Å². The van der Waals surface area contributed by atoms with Crippen molar-refractivity contribution in [3.8, 4) is 45.3 Å². The zero-order valence-corrected chi connectivity index (χ0v) is 27.1. The van der Waals surface area contributed by atoms with Crippen LogP contribution in [0.2, 0.25) is 0 Å². The summed E-state index contributed by atoms with van der Waals surface area (Å²) >= 11 is 0. The Labute approximate surface area is 284 Å². The quantitative estimate of drug-likeness (QED) is 0.189. The fourth-order valence-corrected chi connectivity index (χ4v) is 7.07. The van der Waals surface area contributed by atoms with E-state index < -0.39 is 0 Å². The van der Waals surface area contributed by atoms with Crippen molar-refractivity contribution in [1.82, 2.24) is 24.1 Å². The third-order valence-corrected chi connectivity index (χ3v) is 9.65. The number of hydrogen-bond donors (Lipinski definition) is 0. The van der Waals surface area contributed by atoms with Crippen LogP contribution in [0.3, 0.4) is 0 Å². The highest BCUT2D eigenvalue weighted by atomic mass is 16.3. The number of imidazole rings is 1. The molecule has 0 aliphatic heterocycles.